The van der Waals surface area contributed by atoms with Gasteiger partial charge in [-0.05, 0) is 38.7 Å². The molecular weight excluding hydrogens is 282 g/mol. The summed E-state index contributed by atoms with van der Waals surface area (Å²) < 4.78 is 27.2. The van der Waals surface area contributed by atoms with Gasteiger partial charge in [0, 0.05) is 11.3 Å². The van der Waals surface area contributed by atoms with E-state index in [9.17, 15) is 13.5 Å². The van der Waals surface area contributed by atoms with Crippen molar-refractivity contribution < 1.29 is 13.5 Å². The van der Waals surface area contributed by atoms with Crippen LogP contribution in [0.3, 0.4) is 0 Å². The molecule has 1 aromatic carbocycles. The van der Waals surface area contributed by atoms with Crippen molar-refractivity contribution in [3.05, 3.63) is 29.3 Å². The molecule has 0 aliphatic rings. The molecule has 6 heteroatoms. The highest BCUT2D eigenvalue weighted by Crippen LogP contribution is 2.18. The van der Waals surface area contributed by atoms with Crippen molar-refractivity contribution in [1.82, 2.24) is 4.72 Å². The van der Waals surface area contributed by atoms with Crippen LogP contribution in [0.25, 0.3) is 0 Å². The van der Waals surface area contributed by atoms with E-state index in [0.29, 0.717) is 4.90 Å². The van der Waals surface area contributed by atoms with E-state index in [1.165, 1.54) is 11.8 Å². The predicted molar refractivity (Wildman–Crippen MR) is 80.1 cm³/mol. The lowest BCUT2D eigenvalue weighted by molar-refractivity contribution is 0.282. The molecule has 0 heterocycles. The fraction of sp³-hybridized carbons (Fsp3) is 0.538. The Bertz CT molecular complexity index is 525. The standard InChI is InChI=1S/C13H21NO3S2/c1-9-5-6-13(10(2)7-9)19(16,17)14-11(3)12(8-15)18-4/h5-7,11-12,14-15H,8H2,1-4H3. The van der Waals surface area contributed by atoms with E-state index >= 15 is 0 Å². The number of nitrogens with one attached hydrogen (secondary N) is 1. The first-order valence-electron chi connectivity index (χ1n) is 6.05. The zero-order valence-corrected chi connectivity index (χ0v) is 13.3. The second-order valence-corrected chi connectivity index (χ2v) is 7.39. The highest BCUT2D eigenvalue weighted by Gasteiger charge is 2.23. The smallest absolute Gasteiger partial charge is 0.241 e. The number of hydrogen-bond acceptors (Lipinski definition) is 4. The molecule has 2 N–H and O–H groups in total. The van der Waals surface area contributed by atoms with Crippen LogP contribution >= 0.6 is 11.8 Å². The molecule has 2 unspecified atom stereocenters. The van der Waals surface area contributed by atoms with Crippen LogP contribution in [-0.4, -0.2) is 37.7 Å². The zero-order chi connectivity index (χ0) is 14.6. The molecule has 1 rings (SSSR count). The summed E-state index contributed by atoms with van der Waals surface area (Å²) in [6.07, 6.45) is 1.85. The van der Waals surface area contributed by atoms with Crippen molar-refractivity contribution in [2.45, 2.75) is 37.0 Å². The Kier molecular flexibility index (Phi) is 5.85. The van der Waals surface area contributed by atoms with E-state index < -0.39 is 10.0 Å². The van der Waals surface area contributed by atoms with Gasteiger partial charge in [-0.2, -0.15) is 11.8 Å². The topological polar surface area (TPSA) is 66.4 Å². The van der Waals surface area contributed by atoms with Crippen molar-refractivity contribution in [2.24, 2.45) is 0 Å². The van der Waals surface area contributed by atoms with Gasteiger partial charge in [0.2, 0.25) is 10.0 Å². The maximum Gasteiger partial charge on any atom is 0.241 e. The van der Waals surface area contributed by atoms with Crippen LogP contribution in [0.2, 0.25) is 0 Å². The average molecular weight is 303 g/mol. The van der Waals surface area contributed by atoms with E-state index in [1.54, 1.807) is 26.0 Å². The summed E-state index contributed by atoms with van der Waals surface area (Å²) in [6, 6.07) is 4.92. The molecule has 0 saturated heterocycles. The van der Waals surface area contributed by atoms with Crippen LogP contribution in [0.5, 0.6) is 0 Å². The van der Waals surface area contributed by atoms with Gasteiger partial charge in [0.15, 0.2) is 0 Å². The van der Waals surface area contributed by atoms with Crippen molar-refractivity contribution >= 4 is 21.8 Å². The molecule has 0 aromatic heterocycles. The third-order valence-electron chi connectivity index (χ3n) is 3.00. The van der Waals surface area contributed by atoms with Crippen LogP contribution in [0.1, 0.15) is 18.1 Å². The minimum Gasteiger partial charge on any atom is -0.395 e. The highest BCUT2D eigenvalue weighted by molar-refractivity contribution is 7.99. The van der Waals surface area contributed by atoms with Gasteiger partial charge in [-0.15, -0.1) is 0 Å². The second kappa shape index (κ2) is 6.74. The second-order valence-electron chi connectivity index (χ2n) is 4.64. The van der Waals surface area contributed by atoms with Gasteiger partial charge < -0.3 is 5.11 Å². The first kappa shape index (κ1) is 16.5. The van der Waals surface area contributed by atoms with Gasteiger partial charge in [0.1, 0.15) is 0 Å². The van der Waals surface area contributed by atoms with Crippen LogP contribution in [-0.2, 0) is 10.0 Å². The number of rotatable bonds is 6. The van der Waals surface area contributed by atoms with Crippen molar-refractivity contribution in [1.29, 1.82) is 0 Å². The molecule has 0 spiro atoms. The van der Waals surface area contributed by atoms with Crippen LogP contribution in [0.15, 0.2) is 23.1 Å². The molecule has 0 amide bonds. The van der Waals surface area contributed by atoms with Gasteiger partial charge >= 0.3 is 0 Å². The molecule has 0 saturated carbocycles. The third-order valence-corrected chi connectivity index (χ3v) is 5.88. The molecule has 1 aromatic rings. The first-order valence-corrected chi connectivity index (χ1v) is 8.82. The monoisotopic (exact) mass is 303 g/mol. The summed E-state index contributed by atoms with van der Waals surface area (Å²) in [4.78, 5) is 0.294. The third kappa shape index (κ3) is 4.21. The Balaban J connectivity index is 2.98. The molecule has 19 heavy (non-hydrogen) atoms. The Morgan fingerprint density at radius 3 is 2.47 bits per heavy atom. The van der Waals surface area contributed by atoms with Crippen LogP contribution < -0.4 is 4.72 Å². The summed E-state index contributed by atoms with van der Waals surface area (Å²) in [5.41, 5.74) is 1.76. The maximum absolute atomic E-state index is 12.3. The number of aliphatic hydroxyl groups is 1. The maximum atomic E-state index is 12.3. The van der Waals surface area contributed by atoms with E-state index in [4.69, 9.17) is 0 Å². The molecule has 0 fully saturated rings. The lowest BCUT2D eigenvalue weighted by Gasteiger charge is -2.21. The summed E-state index contributed by atoms with van der Waals surface area (Å²) in [5, 5.41) is 9.05. The largest absolute Gasteiger partial charge is 0.395 e. The molecule has 0 aliphatic carbocycles. The van der Waals surface area contributed by atoms with E-state index in [0.717, 1.165) is 11.1 Å². The average Bonchev–Trinajstić information content (AvgIpc) is 2.29. The van der Waals surface area contributed by atoms with Crippen molar-refractivity contribution in [3.8, 4) is 0 Å². The Morgan fingerprint density at radius 1 is 1.37 bits per heavy atom. The van der Waals surface area contributed by atoms with Crippen molar-refractivity contribution in [3.63, 3.8) is 0 Å². The van der Waals surface area contributed by atoms with Crippen molar-refractivity contribution in [2.75, 3.05) is 12.9 Å². The number of thioether (sulfide) groups is 1. The minimum atomic E-state index is -3.55. The number of benzene rings is 1. The SMILES string of the molecule is CSC(CO)C(C)NS(=O)(=O)c1ccc(C)cc1C. The summed E-state index contributed by atoms with van der Waals surface area (Å²) >= 11 is 1.44. The predicted octanol–water partition coefficient (Wildman–Crippen LogP) is 1.69. The van der Waals surface area contributed by atoms with Crippen LogP contribution in [0, 0.1) is 13.8 Å². The molecule has 0 radical (unpaired) electrons. The first-order chi connectivity index (χ1) is 8.81. The molecule has 108 valence electrons. The number of aryl methyl sites for hydroxylation is 2. The summed E-state index contributed by atoms with van der Waals surface area (Å²) in [5.74, 6) is 0. The quantitative estimate of drug-likeness (QED) is 0.839. The number of sulfonamides is 1. The lowest BCUT2D eigenvalue weighted by atomic mass is 10.2. The lowest BCUT2D eigenvalue weighted by Crippen LogP contribution is -2.41. The molecule has 4 nitrogen and oxygen atoms in total. The Hall–Kier alpha value is -0.560. The number of hydrogen-bond donors (Lipinski definition) is 2. The molecule has 0 bridgehead atoms. The van der Waals surface area contributed by atoms with E-state index in [2.05, 4.69) is 4.72 Å². The van der Waals surface area contributed by atoms with E-state index in [-0.39, 0.29) is 17.9 Å². The molecule has 2 atom stereocenters. The van der Waals surface area contributed by atoms with E-state index in [1.807, 2.05) is 19.2 Å². The Morgan fingerprint density at radius 2 is 2.00 bits per heavy atom. The normalized spacial score (nSPS) is 15.2. The van der Waals surface area contributed by atoms with Gasteiger partial charge in [0.05, 0.1) is 11.5 Å². The van der Waals surface area contributed by atoms with Gasteiger partial charge in [0.25, 0.3) is 0 Å². The number of aliphatic hydroxyl groups excluding tert-OH is 1. The Labute approximate surface area is 119 Å². The highest BCUT2D eigenvalue weighted by atomic mass is 32.2. The minimum absolute atomic E-state index is 0.0578. The molecular formula is C13H21NO3S2. The van der Waals surface area contributed by atoms with Gasteiger partial charge in [-0.25, -0.2) is 13.1 Å². The van der Waals surface area contributed by atoms with Crippen LogP contribution in [0.4, 0.5) is 0 Å². The van der Waals surface area contributed by atoms with Gasteiger partial charge in [-0.3, -0.25) is 0 Å². The fourth-order valence-corrected chi connectivity index (χ4v) is 4.14. The molecule has 0 aliphatic heterocycles. The van der Waals surface area contributed by atoms with Gasteiger partial charge in [-0.1, -0.05) is 17.7 Å². The zero-order valence-electron chi connectivity index (χ0n) is 11.7. The fourth-order valence-electron chi connectivity index (χ4n) is 1.92. The summed E-state index contributed by atoms with van der Waals surface area (Å²) in [6.45, 7) is 5.41. The summed E-state index contributed by atoms with van der Waals surface area (Å²) in [7, 11) is -3.55.